The van der Waals surface area contributed by atoms with E-state index in [1.807, 2.05) is 0 Å². The molecule has 1 amide bonds. The lowest BCUT2D eigenvalue weighted by atomic mass is 10.1. The summed E-state index contributed by atoms with van der Waals surface area (Å²) < 4.78 is 29.4. The van der Waals surface area contributed by atoms with Gasteiger partial charge >= 0.3 is 0 Å². The Morgan fingerprint density at radius 3 is 2.38 bits per heavy atom. The van der Waals surface area contributed by atoms with Crippen LogP contribution in [0.4, 0.5) is 5.69 Å². The molecule has 9 heteroatoms. The third kappa shape index (κ3) is 7.41. The number of carbonyl (C=O) groups excluding carboxylic acids is 1. The van der Waals surface area contributed by atoms with Crippen molar-refractivity contribution in [3.63, 3.8) is 0 Å². The topological polar surface area (TPSA) is 84.5 Å². The summed E-state index contributed by atoms with van der Waals surface area (Å²) in [6.07, 6.45) is 2.08. The molecule has 2 aromatic carbocycles. The molecule has 0 spiro atoms. The van der Waals surface area contributed by atoms with Crippen LogP contribution in [0.3, 0.4) is 0 Å². The first kappa shape index (κ1) is 23.3. The predicted molar refractivity (Wildman–Crippen MR) is 122 cm³/mol. The number of benzene rings is 2. The highest BCUT2D eigenvalue weighted by atomic mass is 79.9. The van der Waals surface area contributed by atoms with E-state index in [2.05, 4.69) is 40.4 Å². The molecule has 0 aromatic heterocycles. The fourth-order valence-corrected chi connectivity index (χ4v) is 3.62. The van der Waals surface area contributed by atoms with Gasteiger partial charge in [-0.1, -0.05) is 13.8 Å². The van der Waals surface area contributed by atoms with E-state index in [4.69, 9.17) is 17.0 Å². The number of nitrogens with one attached hydrogen (secondary N) is 2. The van der Waals surface area contributed by atoms with Crippen LogP contribution in [0.1, 0.15) is 30.6 Å². The summed E-state index contributed by atoms with van der Waals surface area (Å²) in [4.78, 5) is 12.6. The van der Waals surface area contributed by atoms with Crippen LogP contribution in [0, 0.1) is 5.92 Å². The minimum Gasteiger partial charge on any atom is -0.492 e. The average Bonchev–Trinajstić information content (AvgIpc) is 2.62. The molecule has 0 saturated heterocycles. The lowest BCUT2D eigenvalue weighted by Gasteiger charge is -2.12. The molecule has 0 unspecified atom stereocenters. The summed E-state index contributed by atoms with van der Waals surface area (Å²) in [6, 6.07) is 11.2. The van der Waals surface area contributed by atoms with Gasteiger partial charge in [0.1, 0.15) is 5.75 Å². The van der Waals surface area contributed by atoms with Crippen LogP contribution >= 0.6 is 28.1 Å². The molecule has 0 aliphatic heterocycles. The molecule has 2 aromatic rings. The Morgan fingerprint density at radius 2 is 1.83 bits per heavy atom. The SMILES string of the molecule is CC(C)CCOc1ccc(C(=O)NC(=S)Nc2ccc(S(C)(=O)=O)cc2)cc1Br. The van der Waals surface area contributed by atoms with Crippen LogP contribution in [-0.4, -0.2) is 32.3 Å². The number of halogens is 1. The monoisotopic (exact) mass is 498 g/mol. The number of hydrogen-bond acceptors (Lipinski definition) is 5. The van der Waals surface area contributed by atoms with E-state index in [0.29, 0.717) is 34.0 Å². The Labute approximate surface area is 185 Å². The van der Waals surface area contributed by atoms with Gasteiger partial charge in [-0.2, -0.15) is 0 Å². The first-order chi connectivity index (χ1) is 13.6. The highest BCUT2D eigenvalue weighted by molar-refractivity contribution is 9.10. The fourth-order valence-electron chi connectivity index (χ4n) is 2.29. The van der Waals surface area contributed by atoms with E-state index in [1.165, 1.54) is 12.1 Å². The quantitative estimate of drug-likeness (QED) is 0.550. The van der Waals surface area contributed by atoms with E-state index >= 15 is 0 Å². The molecule has 0 saturated carbocycles. The Morgan fingerprint density at radius 1 is 1.17 bits per heavy atom. The molecule has 156 valence electrons. The molecule has 0 aliphatic carbocycles. The molecule has 29 heavy (non-hydrogen) atoms. The lowest BCUT2D eigenvalue weighted by Crippen LogP contribution is -2.34. The molecular weight excluding hydrogens is 476 g/mol. The number of hydrogen-bond donors (Lipinski definition) is 2. The number of ether oxygens (including phenoxy) is 1. The zero-order chi connectivity index (χ0) is 21.6. The molecule has 6 nitrogen and oxygen atoms in total. The van der Waals surface area contributed by atoms with Gasteiger partial charge in [-0.05, 0) is 83.0 Å². The maximum atomic E-state index is 12.4. The third-order valence-electron chi connectivity index (χ3n) is 3.91. The summed E-state index contributed by atoms with van der Waals surface area (Å²) in [5.74, 6) is 0.855. The van der Waals surface area contributed by atoms with E-state index < -0.39 is 9.84 Å². The molecule has 0 fully saturated rings. The van der Waals surface area contributed by atoms with Gasteiger partial charge in [0.2, 0.25) is 0 Å². The Balaban J connectivity index is 1.95. The molecule has 0 atom stereocenters. The molecule has 0 heterocycles. The maximum absolute atomic E-state index is 12.4. The van der Waals surface area contributed by atoms with Gasteiger partial charge in [-0.3, -0.25) is 10.1 Å². The van der Waals surface area contributed by atoms with Crippen molar-refractivity contribution in [1.29, 1.82) is 0 Å². The first-order valence-corrected chi connectivity index (χ1v) is 12.0. The van der Waals surface area contributed by atoms with Crippen molar-refractivity contribution in [2.75, 3.05) is 18.2 Å². The number of anilines is 1. The molecule has 2 N–H and O–H groups in total. The standard InChI is InChI=1S/C20H23BrN2O4S2/c1-13(2)10-11-27-18-9-4-14(12-17(18)21)19(24)23-20(28)22-15-5-7-16(8-6-15)29(3,25)26/h4-9,12-13H,10-11H2,1-3H3,(H2,22,23,24,28). The van der Waals surface area contributed by atoms with Gasteiger partial charge < -0.3 is 10.1 Å². The van der Waals surface area contributed by atoms with Crippen molar-refractivity contribution >= 4 is 54.7 Å². The number of carbonyl (C=O) groups is 1. The number of sulfone groups is 1. The molecule has 2 rings (SSSR count). The van der Waals surface area contributed by atoms with E-state index in [1.54, 1.807) is 30.3 Å². The second-order valence-electron chi connectivity index (χ2n) is 6.88. The zero-order valence-electron chi connectivity index (χ0n) is 16.4. The number of thiocarbonyl (C=S) groups is 1. The molecular formula is C20H23BrN2O4S2. The summed E-state index contributed by atoms with van der Waals surface area (Å²) in [5, 5.41) is 5.56. The highest BCUT2D eigenvalue weighted by Gasteiger charge is 2.12. The van der Waals surface area contributed by atoms with Gasteiger partial charge in [-0.15, -0.1) is 0 Å². The van der Waals surface area contributed by atoms with Crippen molar-refractivity contribution in [2.24, 2.45) is 5.92 Å². The van der Waals surface area contributed by atoms with Gasteiger partial charge in [0.15, 0.2) is 14.9 Å². The predicted octanol–water partition coefficient (Wildman–Crippen LogP) is 4.40. The van der Waals surface area contributed by atoms with Gasteiger partial charge in [0.05, 0.1) is 16.0 Å². The zero-order valence-corrected chi connectivity index (χ0v) is 19.6. The number of amides is 1. The van der Waals surface area contributed by atoms with E-state index in [0.717, 1.165) is 12.7 Å². The fraction of sp³-hybridized carbons (Fsp3) is 0.300. The molecule has 0 bridgehead atoms. The van der Waals surface area contributed by atoms with Crippen LogP contribution in [0.25, 0.3) is 0 Å². The molecule has 0 aliphatic rings. The van der Waals surface area contributed by atoms with Crippen molar-refractivity contribution in [1.82, 2.24) is 5.32 Å². The Kier molecular flexibility index (Phi) is 8.18. The highest BCUT2D eigenvalue weighted by Crippen LogP contribution is 2.26. The van der Waals surface area contributed by atoms with Crippen LogP contribution in [0.15, 0.2) is 51.8 Å². The van der Waals surface area contributed by atoms with Gasteiger partial charge in [-0.25, -0.2) is 8.42 Å². The minimum absolute atomic E-state index is 0.107. The first-order valence-electron chi connectivity index (χ1n) is 8.91. The largest absolute Gasteiger partial charge is 0.492 e. The summed E-state index contributed by atoms with van der Waals surface area (Å²) >= 11 is 8.58. The average molecular weight is 499 g/mol. The lowest BCUT2D eigenvalue weighted by molar-refractivity contribution is 0.0977. The molecule has 0 radical (unpaired) electrons. The van der Waals surface area contributed by atoms with Crippen molar-refractivity contribution in [3.05, 3.63) is 52.5 Å². The van der Waals surface area contributed by atoms with Crippen molar-refractivity contribution < 1.29 is 17.9 Å². The third-order valence-corrected chi connectivity index (χ3v) is 5.87. The van der Waals surface area contributed by atoms with Crippen molar-refractivity contribution in [3.8, 4) is 5.75 Å². The second-order valence-corrected chi connectivity index (χ2v) is 10.2. The van der Waals surface area contributed by atoms with Gasteiger partial charge in [0.25, 0.3) is 5.91 Å². The number of rotatable bonds is 7. The summed E-state index contributed by atoms with van der Waals surface area (Å²) in [7, 11) is -3.27. The van der Waals surface area contributed by atoms with Gasteiger partial charge in [0, 0.05) is 17.5 Å². The Bertz CT molecular complexity index is 990. The smallest absolute Gasteiger partial charge is 0.257 e. The normalized spacial score (nSPS) is 11.2. The van der Waals surface area contributed by atoms with E-state index in [-0.39, 0.29) is 15.9 Å². The summed E-state index contributed by atoms with van der Waals surface area (Å²) in [5.41, 5.74) is 0.988. The maximum Gasteiger partial charge on any atom is 0.257 e. The summed E-state index contributed by atoms with van der Waals surface area (Å²) in [6.45, 7) is 4.86. The Hall–Kier alpha value is -1.97. The van der Waals surface area contributed by atoms with E-state index in [9.17, 15) is 13.2 Å². The minimum atomic E-state index is -3.27. The van der Waals surface area contributed by atoms with Crippen molar-refractivity contribution in [2.45, 2.75) is 25.2 Å². The van der Waals surface area contributed by atoms with Crippen LogP contribution in [0.2, 0.25) is 0 Å². The second kappa shape index (κ2) is 10.2. The van der Waals surface area contributed by atoms with Crippen LogP contribution in [-0.2, 0) is 9.84 Å². The van der Waals surface area contributed by atoms with Crippen LogP contribution < -0.4 is 15.4 Å². The van der Waals surface area contributed by atoms with Crippen LogP contribution in [0.5, 0.6) is 5.75 Å².